The zero-order valence-electron chi connectivity index (χ0n) is 27.9. The number of halogens is 3. The Hall–Kier alpha value is -0.596. The summed E-state index contributed by atoms with van der Waals surface area (Å²) in [6.07, 6.45) is 2.19. The van der Waals surface area contributed by atoms with Crippen LogP contribution in [0.5, 0.6) is 0 Å². The molecule has 11 heteroatoms. The molecule has 1 saturated carbocycles. The van der Waals surface area contributed by atoms with Crippen LogP contribution in [0.3, 0.4) is 0 Å². The molecule has 1 aromatic rings. The lowest BCUT2D eigenvalue weighted by atomic mass is 9.73. The summed E-state index contributed by atoms with van der Waals surface area (Å²) in [5.41, 5.74) is -0.280. The number of alkyl halides is 2. The van der Waals surface area contributed by atoms with Crippen LogP contribution < -0.4 is 4.72 Å². The van der Waals surface area contributed by atoms with E-state index in [9.17, 15) is 13.0 Å². The summed E-state index contributed by atoms with van der Waals surface area (Å²) in [6, 6.07) is 0.686. The Balaban J connectivity index is 2.55. The maximum absolute atomic E-state index is 15.4. The standard InChI is InChI=1S/C30H55F3N2O3SSi2/c1-26(2,3)39(36)35-24(23-15-21(16-29(10,32)33)20-34-25(23)31)19-30(38-41(13,14)28(7,8)9)17-22(18-30)37-40(11,12)27(4,5)6/h15,20,22,24,35H,16-19H2,1-14H3/t22?,24-,30?,39?/m0/s1. The van der Waals surface area contributed by atoms with Crippen molar-refractivity contribution in [2.45, 2.75) is 160 Å². The van der Waals surface area contributed by atoms with Crippen LogP contribution in [0.2, 0.25) is 36.3 Å². The van der Waals surface area contributed by atoms with E-state index in [-0.39, 0.29) is 27.3 Å². The molecule has 1 aromatic heterocycles. The van der Waals surface area contributed by atoms with Crippen molar-refractivity contribution in [3.05, 3.63) is 29.3 Å². The van der Waals surface area contributed by atoms with E-state index >= 15 is 4.39 Å². The predicted octanol–water partition coefficient (Wildman–Crippen LogP) is 8.85. The Morgan fingerprint density at radius 3 is 1.95 bits per heavy atom. The number of nitrogens with zero attached hydrogens (tertiary/aromatic N) is 1. The van der Waals surface area contributed by atoms with Crippen LogP contribution in [0.4, 0.5) is 13.2 Å². The molecule has 1 heterocycles. The fraction of sp³-hybridized carbons (Fsp3) is 0.833. The largest absolute Gasteiger partial charge is 0.414 e. The van der Waals surface area contributed by atoms with Gasteiger partial charge in [0, 0.05) is 31.0 Å². The first-order chi connectivity index (χ1) is 18.1. The average molecular weight is 637 g/mol. The lowest BCUT2D eigenvalue weighted by Crippen LogP contribution is -2.61. The summed E-state index contributed by atoms with van der Waals surface area (Å²) in [6.45, 7) is 28.4. The summed E-state index contributed by atoms with van der Waals surface area (Å²) >= 11 is 0. The molecule has 1 unspecified atom stereocenters. The highest BCUT2D eigenvalue weighted by atomic mass is 32.2. The molecule has 238 valence electrons. The third-order valence-electron chi connectivity index (χ3n) is 8.94. The number of nitrogens with one attached hydrogen (secondary N) is 1. The highest BCUT2D eigenvalue weighted by molar-refractivity contribution is 7.84. The summed E-state index contributed by atoms with van der Waals surface area (Å²) in [5, 5.41) is -0.0161. The quantitative estimate of drug-likeness (QED) is 0.195. The van der Waals surface area contributed by atoms with Crippen LogP contribution in [0.25, 0.3) is 0 Å². The Bertz CT molecular complexity index is 1080. The first kappa shape index (κ1) is 36.6. The lowest BCUT2D eigenvalue weighted by molar-refractivity contribution is -0.105. The minimum absolute atomic E-state index is 0.00233. The van der Waals surface area contributed by atoms with Gasteiger partial charge in [0.2, 0.25) is 11.9 Å². The van der Waals surface area contributed by atoms with Crippen LogP contribution >= 0.6 is 0 Å². The molecule has 0 aromatic carbocycles. The molecule has 0 spiro atoms. The van der Waals surface area contributed by atoms with Crippen LogP contribution in [0.1, 0.15) is 106 Å². The summed E-state index contributed by atoms with van der Waals surface area (Å²) in [7, 11) is -5.88. The molecule has 1 fully saturated rings. The Morgan fingerprint density at radius 1 is 1.00 bits per heavy atom. The zero-order chi connectivity index (χ0) is 32.0. The van der Waals surface area contributed by atoms with Crippen molar-refractivity contribution in [3.63, 3.8) is 0 Å². The van der Waals surface area contributed by atoms with E-state index in [1.165, 1.54) is 6.07 Å². The molecule has 0 amide bonds. The van der Waals surface area contributed by atoms with Gasteiger partial charge >= 0.3 is 0 Å². The first-order valence-electron chi connectivity index (χ1n) is 14.7. The van der Waals surface area contributed by atoms with E-state index in [0.717, 1.165) is 13.1 Å². The zero-order valence-corrected chi connectivity index (χ0v) is 30.7. The third-order valence-corrected chi connectivity index (χ3v) is 19.6. The predicted molar refractivity (Wildman–Crippen MR) is 169 cm³/mol. The normalized spacial score (nSPS) is 22.8. The fourth-order valence-electron chi connectivity index (χ4n) is 4.54. The Morgan fingerprint density at radius 2 is 1.51 bits per heavy atom. The number of hydrogen-bond donors (Lipinski definition) is 1. The van der Waals surface area contributed by atoms with Gasteiger partial charge in [0.15, 0.2) is 16.6 Å². The molecular weight excluding hydrogens is 582 g/mol. The third kappa shape index (κ3) is 9.70. The van der Waals surface area contributed by atoms with E-state index in [0.29, 0.717) is 19.3 Å². The fourth-order valence-corrected chi connectivity index (χ4v) is 8.35. The van der Waals surface area contributed by atoms with Gasteiger partial charge in [-0.15, -0.1) is 0 Å². The Labute approximate surface area is 252 Å². The van der Waals surface area contributed by atoms with Gasteiger partial charge < -0.3 is 8.85 Å². The van der Waals surface area contributed by atoms with Gasteiger partial charge in [0.25, 0.3) is 0 Å². The first-order valence-corrected chi connectivity index (χ1v) is 21.6. The van der Waals surface area contributed by atoms with Gasteiger partial charge in [0.05, 0.1) is 33.5 Å². The van der Waals surface area contributed by atoms with Crippen LogP contribution in [0, 0.1) is 5.95 Å². The molecule has 2 atom stereocenters. The second-order valence-corrected chi connectivity index (χ2v) is 27.7. The van der Waals surface area contributed by atoms with Gasteiger partial charge in [-0.2, -0.15) is 4.39 Å². The van der Waals surface area contributed by atoms with Gasteiger partial charge in [-0.1, -0.05) is 41.5 Å². The van der Waals surface area contributed by atoms with Crippen molar-refractivity contribution >= 4 is 27.6 Å². The molecule has 2 rings (SSSR count). The number of pyridine rings is 1. The molecule has 1 aliphatic carbocycles. The molecule has 0 bridgehead atoms. The summed E-state index contributed by atoms with van der Waals surface area (Å²) < 4.78 is 72.9. The van der Waals surface area contributed by atoms with Crippen molar-refractivity contribution in [3.8, 4) is 0 Å². The second kappa shape index (κ2) is 12.1. The topological polar surface area (TPSA) is 60.5 Å². The molecular formula is C30H55F3N2O3SSi2. The Kier molecular flexibility index (Phi) is 10.8. The molecule has 0 radical (unpaired) electrons. The van der Waals surface area contributed by atoms with E-state index in [1.807, 2.05) is 20.8 Å². The highest BCUT2D eigenvalue weighted by Crippen LogP contribution is 2.52. The highest BCUT2D eigenvalue weighted by Gasteiger charge is 2.55. The van der Waals surface area contributed by atoms with Crippen molar-refractivity contribution in [1.82, 2.24) is 9.71 Å². The monoisotopic (exact) mass is 636 g/mol. The summed E-state index contributed by atoms with van der Waals surface area (Å²) in [5.74, 6) is -3.73. The molecule has 1 N–H and O–H groups in total. The van der Waals surface area contributed by atoms with Gasteiger partial charge in [-0.25, -0.2) is 22.7 Å². The van der Waals surface area contributed by atoms with Crippen molar-refractivity contribution in [2.24, 2.45) is 0 Å². The number of aromatic nitrogens is 1. The second-order valence-electron chi connectivity index (χ2n) is 16.2. The maximum Gasteiger partial charge on any atom is 0.249 e. The molecule has 1 aliphatic rings. The van der Waals surface area contributed by atoms with Crippen molar-refractivity contribution in [1.29, 1.82) is 0 Å². The number of hydrogen-bond acceptors (Lipinski definition) is 4. The summed E-state index contributed by atoms with van der Waals surface area (Å²) in [4.78, 5) is 3.84. The average Bonchev–Trinajstić information content (AvgIpc) is 2.69. The van der Waals surface area contributed by atoms with Crippen molar-refractivity contribution in [2.75, 3.05) is 0 Å². The minimum Gasteiger partial charge on any atom is -0.414 e. The lowest BCUT2D eigenvalue weighted by Gasteiger charge is -2.56. The van der Waals surface area contributed by atoms with E-state index < -0.39 is 62.3 Å². The van der Waals surface area contributed by atoms with Gasteiger partial charge in [0.1, 0.15) is 0 Å². The SMILES string of the molecule is CC(F)(F)Cc1cnc(F)c([C@H](CC2(O[Si](C)(C)C(C)(C)C)CC(O[Si](C)(C)C(C)(C)C)C2)NS(=O)C(C)(C)C)c1. The van der Waals surface area contributed by atoms with Gasteiger partial charge in [-0.3, -0.25) is 0 Å². The molecule has 5 nitrogen and oxygen atoms in total. The van der Waals surface area contributed by atoms with Gasteiger partial charge in [-0.05, 0) is 82.0 Å². The molecule has 0 aliphatic heterocycles. The maximum atomic E-state index is 15.4. The van der Waals surface area contributed by atoms with Crippen molar-refractivity contribution < 1.29 is 26.2 Å². The van der Waals surface area contributed by atoms with Crippen LogP contribution in [-0.2, 0) is 26.3 Å². The molecule has 41 heavy (non-hydrogen) atoms. The van der Waals surface area contributed by atoms with E-state index in [4.69, 9.17) is 8.85 Å². The van der Waals surface area contributed by atoms with Crippen LogP contribution in [0.15, 0.2) is 12.3 Å². The minimum atomic E-state index is -2.97. The molecule has 0 saturated heterocycles. The smallest absolute Gasteiger partial charge is 0.249 e. The van der Waals surface area contributed by atoms with E-state index in [2.05, 4.69) is 77.4 Å². The van der Waals surface area contributed by atoms with E-state index in [1.54, 1.807) is 0 Å². The number of rotatable bonds is 11. The van der Waals surface area contributed by atoms with Crippen LogP contribution in [-0.4, -0.2) is 48.2 Å².